The van der Waals surface area contributed by atoms with E-state index >= 15 is 0 Å². The van der Waals surface area contributed by atoms with Crippen molar-refractivity contribution in [3.8, 4) is 89.9 Å². The maximum Gasteiger partial charge on any atom is 0.213 e. The molecule has 10 aromatic carbocycles. The van der Waals surface area contributed by atoms with Crippen LogP contribution in [0.4, 0.5) is 0 Å². The molecule has 0 amide bonds. The molecule has 572 valence electrons. The summed E-state index contributed by atoms with van der Waals surface area (Å²) in [7, 11) is 8.49. The summed E-state index contributed by atoms with van der Waals surface area (Å²) >= 11 is 3.59. The third-order valence-corrected chi connectivity index (χ3v) is 25.5. The molecular formula is C107H95N7OS2+4. The number of fused-ring (bicyclic) bond motifs is 13. The predicted octanol–water partition coefficient (Wildman–Crippen LogP) is 26.2. The molecule has 0 atom stereocenters. The van der Waals surface area contributed by atoms with Crippen LogP contribution >= 0.6 is 22.7 Å². The van der Waals surface area contributed by atoms with Crippen LogP contribution in [0.3, 0.4) is 0 Å². The summed E-state index contributed by atoms with van der Waals surface area (Å²) in [6, 6.07) is 93.6. The Morgan fingerprint density at radius 3 is 1.19 bits per heavy atom. The van der Waals surface area contributed by atoms with Crippen LogP contribution in [0.2, 0.25) is 0 Å². The minimum atomic E-state index is 0.925. The van der Waals surface area contributed by atoms with Crippen LogP contribution in [0.25, 0.3) is 174 Å². The number of hydrogen-bond acceptors (Lipinski definition) is 6. The first-order valence-electron chi connectivity index (χ1n) is 40.2. The number of hydrogen-bond donors (Lipinski definition) is 0. The van der Waals surface area contributed by atoms with Gasteiger partial charge in [-0.1, -0.05) is 169 Å². The molecule has 10 heteroatoms. The summed E-state index contributed by atoms with van der Waals surface area (Å²) < 4.78 is 17.7. The zero-order valence-corrected chi connectivity index (χ0v) is 71.1. The smallest absolute Gasteiger partial charge is 0.213 e. The van der Waals surface area contributed by atoms with E-state index in [1.807, 2.05) is 0 Å². The van der Waals surface area contributed by atoms with Gasteiger partial charge >= 0.3 is 0 Å². The molecule has 8 nitrogen and oxygen atoms in total. The van der Waals surface area contributed by atoms with Crippen molar-refractivity contribution in [2.45, 2.75) is 83.1 Å². The SMILES string of the molecule is Cc1ccc2c(c1)c1ccccc1c1nc(-c3cc(-c4ccccc4C)[n+](C)cc3C)ccc21.Cc1ccc2c(n1)sc1c(-c3c[n+](C)c(-c4ccccc4C)cc3C)cccc12.Cc1ccc2c(n1)sc1c(-c3cc(-c4ccccc4C)[n+](C)cc3C)cccc12.Cc1ccc2cc(-c3cc(-c4ccccc4C)[n+](C)cc3C)oc2c1. The number of pyridine rings is 7. The van der Waals surface area contributed by atoms with E-state index in [1.54, 1.807) is 22.7 Å². The van der Waals surface area contributed by atoms with Gasteiger partial charge in [-0.2, -0.15) is 0 Å². The summed E-state index contributed by atoms with van der Waals surface area (Å²) in [5.41, 5.74) is 35.1. The molecule has 0 radical (unpaired) electrons. The van der Waals surface area contributed by atoms with E-state index in [1.165, 1.54) is 186 Å². The van der Waals surface area contributed by atoms with Crippen molar-refractivity contribution in [3.63, 3.8) is 0 Å². The highest BCUT2D eigenvalue weighted by Crippen LogP contribution is 2.44. The van der Waals surface area contributed by atoms with E-state index < -0.39 is 0 Å². The Labute approximate surface area is 693 Å². The molecule has 0 spiro atoms. The third kappa shape index (κ3) is 14.7. The summed E-state index contributed by atoms with van der Waals surface area (Å²) in [6.07, 6.45) is 8.90. The average Bonchev–Trinajstić information content (AvgIpc) is 1.49. The van der Waals surface area contributed by atoms with Crippen LogP contribution in [0.1, 0.15) is 67.0 Å². The highest BCUT2D eigenvalue weighted by atomic mass is 32.1. The van der Waals surface area contributed by atoms with E-state index in [4.69, 9.17) is 19.4 Å². The van der Waals surface area contributed by atoms with Crippen molar-refractivity contribution in [1.29, 1.82) is 0 Å². The van der Waals surface area contributed by atoms with Gasteiger partial charge in [0.05, 0.1) is 16.8 Å². The van der Waals surface area contributed by atoms with Crippen LogP contribution < -0.4 is 18.3 Å². The van der Waals surface area contributed by atoms with Gasteiger partial charge in [-0.25, -0.2) is 33.2 Å². The Kier molecular flexibility index (Phi) is 20.7. The highest BCUT2D eigenvalue weighted by molar-refractivity contribution is 7.26. The summed E-state index contributed by atoms with van der Waals surface area (Å²) in [5.74, 6) is 0.925. The molecule has 0 aliphatic carbocycles. The number of thiophene rings is 2. The zero-order chi connectivity index (χ0) is 81.2. The molecule has 10 heterocycles. The van der Waals surface area contributed by atoms with Crippen LogP contribution in [-0.4, -0.2) is 15.0 Å². The first kappa shape index (κ1) is 76.6. The Bertz CT molecular complexity index is 7340. The molecule has 0 saturated carbocycles. The molecule has 0 fully saturated rings. The molecule has 0 N–H and O–H groups in total. The monoisotopic (exact) mass is 1560 g/mol. The van der Waals surface area contributed by atoms with E-state index in [0.29, 0.717) is 0 Å². The standard InChI is InChI=1S/C32H27N2.2C26H23N2S.C23H22NO/c1-20-13-14-25-27-15-16-30(33-32(27)26-12-8-7-11-24(26)29(25)17-20)28-18-31(34(4)19-22(28)3)23-10-6-5-9-21(23)2;1-16-8-5-6-9-19(16)24-14-23(17(2)15-28(24)4)21-11-7-10-20-22-13-12-18(3)27-26(22)29-25(20)21;1-16-8-5-6-9-19(16)24-14-17(2)23(15-28(24)4)21-11-7-10-20-22-13-12-18(3)27-26(22)29-25(20)21;1-15-9-10-18-12-23(25-22(18)11-15)20-13-21(24(4)14-17(20)3)19-8-6-5-7-16(19)2/h5-19H,1-4H3;2*5-15H,1-4H3;5-14H,1-4H3/q4*+1. The van der Waals surface area contributed by atoms with Crippen LogP contribution in [-0.2, 0) is 28.2 Å². The largest absolute Gasteiger partial charge is 0.456 e. The molecule has 0 aliphatic rings. The molecule has 0 bridgehead atoms. The maximum atomic E-state index is 6.17. The van der Waals surface area contributed by atoms with E-state index in [0.717, 1.165) is 54.6 Å². The summed E-state index contributed by atoms with van der Waals surface area (Å²) in [4.78, 5) is 17.1. The van der Waals surface area contributed by atoms with Crippen molar-refractivity contribution in [3.05, 3.63) is 353 Å². The highest BCUT2D eigenvalue weighted by Gasteiger charge is 2.25. The van der Waals surface area contributed by atoms with Crippen molar-refractivity contribution in [1.82, 2.24) is 15.0 Å². The number of aromatic nitrogens is 7. The normalized spacial score (nSPS) is 11.4. The fourth-order valence-corrected chi connectivity index (χ4v) is 19.5. The topological polar surface area (TPSA) is 67.3 Å². The minimum absolute atomic E-state index is 0.925. The van der Waals surface area contributed by atoms with Crippen LogP contribution in [0.5, 0.6) is 0 Å². The average molecular weight is 1560 g/mol. The molecule has 20 rings (SSSR count). The second-order valence-corrected chi connectivity index (χ2v) is 33.7. The zero-order valence-electron chi connectivity index (χ0n) is 69.5. The Hall–Kier alpha value is -13.0. The van der Waals surface area contributed by atoms with Gasteiger partial charge in [-0.15, -0.1) is 22.7 Å². The van der Waals surface area contributed by atoms with Crippen LogP contribution in [0, 0.1) is 83.1 Å². The fourth-order valence-electron chi connectivity index (χ4n) is 17.0. The van der Waals surface area contributed by atoms with Crippen molar-refractivity contribution in [2.24, 2.45) is 28.2 Å². The molecule has 0 saturated heterocycles. The second-order valence-electron chi connectivity index (χ2n) is 31.7. The molecule has 0 unspecified atom stereocenters. The minimum Gasteiger partial charge on any atom is -0.456 e. The Morgan fingerprint density at radius 2 is 0.650 bits per heavy atom. The summed E-state index contributed by atoms with van der Waals surface area (Å²) in [5, 5.41) is 12.4. The van der Waals surface area contributed by atoms with Gasteiger partial charge in [0.1, 0.15) is 49.2 Å². The van der Waals surface area contributed by atoms with Crippen molar-refractivity contribution >= 4 is 107 Å². The van der Waals surface area contributed by atoms with Gasteiger partial charge in [0.2, 0.25) is 22.8 Å². The molecular weight excluding hydrogens is 1460 g/mol. The number of nitrogens with zero attached hydrogens (tertiary/aromatic N) is 7. The fraction of sp³-hybridized carbons (Fsp3) is 0.150. The van der Waals surface area contributed by atoms with Gasteiger partial charge in [0.25, 0.3) is 0 Å². The number of benzene rings is 10. The first-order valence-corrected chi connectivity index (χ1v) is 41.8. The lowest BCUT2D eigenvalue weighted by Crippen LogP contribution is -2.31. The molecule has 117 heavy (non-hydrogen) atoms. The number of furan rings is 1. The Balaban J connectivity index is 0.000000113. The first-order chi connectivity index (χ1) is 56.6. The lowest BCUT2D eigenvalue weighted by molar-refractivity contribution is -0.660. The van der Waals surface area contributed by atoms with Gasteiger partial charge < -0.3 is 4.42 Å². The third-order valence-electron chi connectivity index (χ3n) is 23.2. The quantitative estimate of drug-likeness (QED) is 0.112. The van der Waals surface area contributed by atoms with Gasteiger partial charge in [0.15, 0.2) is 24.8 Å². The van der Waals surface area contributed by atoms with Gasteiger partial charge in [0, 0.05) is 144 Å². The van der Waals surface area contributed by atoms with Gasteiger partial charge in [-0.05, 0) is 211 Å². The molecule has 0 aliphatic heterocycles. The molecule has 20 aromatic rings. The van der Waals surface area contributed by atoms with Crippen LogP contribution in [0.15, 0.2) is 290 Å². The summed E-state index contributed by atoms with van der Waals surface area (Å²) in [6.45, 7) is 25.7. The lowest BCUT2D eigenvalue weighted by Gasteiger charge is -2.13. The van der Waals surface area contributed by atoms with Crippen molar-refractivity contribution in [2.75, 3.05) is 0 Å². The lowest BCUT2D eigenvalue weighted by atomic mass is 9.95. The predicted molar refractivity (Wildman–Crippen MR) is 492 cm³/mol. The maximum absolute atomic E-state index is 6.17. The van der Waals surface area contributed by atoms with E-state index in [2.05, 4.69) is 415 Å². The number of rotatable bonds is 8. The second kappa shape index (κ2) is 31.7. The van der Waals surface area contributed by atoms with E-state index in [9.17, 15) is 0 Å². The van der Waals surface area contributed by atoms with E-state index in [-0.39, 0.29) is 0 Å². The Morgan fingerprint density at radius 1 is 0.256 bits per heavy atom. The van der Waals surface area contributed by atoms with Gasteiger partial charge in [-0.3, -0.25) is 0 Å². The number of aryl methyl sites for hydroxylation is 16. The van der Waals surface area contributed by atoms with Crippen molar-refractivity contribution < 1.29 is 22.7 Å². The molecule has 10 aromatic heterocycles.